The maximum absolute atomic E-state index is 13.7. The molecule has 3 unspecified atom stereocenters. The van der Waals surface area contributed by atoms with Gasteiger partial charge in [-0.2, -0.15) is 0 Å². The number of amides is 1. The van der Waals surface area contributed by atoms with Gasteiger partial charge < -0.3 is 19.9 Å². The van der Waals surface area contributed by atoms with E-state index in [0.29, 0.717) is 29.6 Å². The van der Waals surface area contributed by atoms with E-state index in [1.807, 2.05) is 0 Å². The summed E-state index contributed by atoms with van der Waals surface area (Å²) < 4.78 is 37.7. The summed E-state index contributed by atoms with van der Waals surface area (Å²) in [7, 11) is 1.46. The zero-order valence-electron chi connectivity index (χ0n) is 18.2. The van der Waals surface area contributed by atoms with Crippen molar-refractivity contribution in [2.45, 2.75) is 38.1 Å². The maximum atomic E-state index is 13.7. The molecule has 3 atom stereocenters. The number of hydrogen-bond donors (Lipinski definition) is 3. The lowest BCUT2D eigenvalue weighted by Crippen LogP contribution is -2.57. The number of carbonyl (C=O) groups is 1. The Morgan fingerprint density at radius 2 is 1.94 bits per heavy atom. The number of benzene rings is 2. The van der Waals surface area contributed by atoms with Gasteiger partial charge in [0.15, 0.2) is 0 Å². The van der Waals surface area contributed by atoms with Crippen LogP contribution in [0.1, 0.15) is 24.8 Å². The number of hydrogen-bond acceptors (Lipinski definition) is 5. The van der Waals surface area contributed by atoms with Crippen molar-refractivity contribution in [2.75, 3.05) is 13.7 Å². The van der Waals surface area contributed by atoms with E-state index >= 15 is 0 Å². The lowest BCUT2D eigenvalue weighted by molar-refractivity contribution is -0.134. The Balaban J connectivity index is 1.27. The molecule has 5 rings (SSSR count). The van der Waals surface area contributed by atoms with E-state index in [1.165, 1.54) is 37.4 Å². The average Bonchev–Trinajstić information content (AvgIpc) is 2.77. The van der Waals surface area contributed by atoms with Crippen LogP contribution >= 0.6 is 11.6 Å². The van der Waals surface area contributed by atoms with Crippen molar-refractivity contribution in [2.24, 2.45) is 17.8 Å². The van der Waals surface area contributed by atoms with Gasteiger partial charge in [-0.3, -0.25) is 10.1 Å². The van der Waals surface area contributed by atoms with Gasteiger partial charge in [0.2, 0.25) is 5.91 Å². The molecular weight excluding hydrogens is 454 g/mol. The first-order valence-corrected chi connectivity index (χ1v) is 11.3. The van der Waals surface area contributed by atoms with Gasteiger partial charge in [-0.15, -0.1) is 0 Å². The Labute approximate surface area is 196 Å². The molecule has 9 heteroatoms. The Hall–Kier alpha value is -2.42. The molecule has 0 aromatic heterocycles. The van der Waals surface area contributed by atoms with Crippen LogP contribution in [0.2, 0.25) is 5.02 Å². The highest BCUT2D eigenvalue weighted by Gasteiger charge is 2.48. The predicted molar refractivity (Wildman–Crippen MR) is 119 cm³/mol. The minimum Gasteiger partial charge on any atom is -0.497 e. The van der Waals surface area contributed by atoms with Crippen molar-refractivity contribution in [1.82, 2.24) is 10.6 Å². The van der Waals surface area contributed by atoms with Crippen LogP contribution in [0.5, 0.6) is 11.5 Å². The minimum absolute atomic E-state index is 0.00335. The Bertz CT molecular complexity index is 1000. The molecule has 178 valence electrons. The number of aliphatic hydroxyl groups is 1. The molecule has 2 aromatic rings. The van der Waals surface area contributed by atoms with E-state index in [0.717, 1.165) is 12.8 Å². The number of rotatable bonds is 9. The summed E-state index contributed by atoms with van der Waals surface area (Å²) in [5, 5.41) is 16.4. The summed E-state index contributed by atoms with van der Waals surface area (Å²) >= 11 is 5.66. The number of nitrogens with one attached hydrogen (secondary N) is 2. The van der Waals surface area contributed by atoms with E-state index in [9.17, 15) is 18.7 Å². The fraction of sp³-hybridized carbons (Fsp3) is 0.458. The van der Waals surface area contributed by atoms with E-state index in [4.69, 9.17) is 21.1 Å². The van der Waals surface area contributed by atoms with Gasteiger partial charge in [0.25, 0.3) is 0 Å². The summed E-state index contributed by atoms with van der Waals surface area (Å²) in [6.07, 6.45) is 1.47. The van der Waals surface area contributed by atoms with Crippen molar-refractivity contribution in [3.63, 3.8) is 0 Å². The first kappa shape index (κ1) is 23.7. The van der Waals surface area contributed by atoms with Crippen molar-refractivity contribution in [1.29, 1.82) is 0 Å². The molecule has 0 aliphatic heterocycles. The van der Waals surface area contributed by atoms with Crippen molar-refractivity contribution in [3.8, 4) is 11.5 Å². The Morgan fingerprint density at radius 3 is 2.67 bits per heavy atom. The third-order valence-electron chi connectivity index (χ3n) is 6.53. The Kier molecular flexibility index (Phi) is 7.36. The predicted octanol–water partition coefficient (Wildman–Crippen LogP) is 3.64. The number of ether oxygens (including phenoxy) is 2. The highest BCUT2D eigenvalue weighted by Crippen LogP contribution is 2.49. The zero-order chi connectivity index (χ0) is 23.5. The molecule has 2 bridgehead atoms. The second-order valence-corrected chi connectivity index (χ2v) is 9.13. The highest BCUT2D eigenvalue weighted by molar-refractivity contribution is 6.30. The first-order chi connectivity index (χ1) is 15.8. The maximum Gasteiger partial charge on any atom is 0.223 e. The standard InChI is InChI=1S/C24H27ClF2N2O4/c1-32-18-5-13(4-16(26)8-18)11-28-24(31)19-10-22(15-6-14(19)7-15)29-23(30)12-33-17-2-3-20(25)21(27)9-17/h2-5,8-9,14-15,19,22-23,29-30H,6-7,10-12H2,1H3,(H,28,31). The highest BCUT2D eigenvalue weighted by atomic mass is 35.5. The number of fused-ring (bicyclic) bond motifs is 2. The van der Waals surface area contributed by atoms with E-state index in [2.05, 4.69) is 10.6 Å². The Morgan fingerprint density at radius 1 is 1.15 bits per heavy atom. The van der Waals surface area contributed by atoms with E-state index in [-0.39, 0.29) is 41.8 Å². The quantitative estimate of drug-likeness (QED) is 0.477. The molecule has 0 heterocycles. The minimum atomic E-state index is -0.964. The summed E-state index contributed by atoms with van der Waals surface area (Å²) in [6, 6.07) is 8.42. The fourth-order valence-electron chi connectivity index (χ4n) is 4.75. The van der Waals surface area contributed by atoms with Crippen LogP contribution in [0.3, 0.4) is 0 Å². The van der Waals surface area contributed by atoms with Crippen LogP contribution in [-0.2, 0) is 11.3 Å². The van der Waals surface area contributed by atoms with Crippen LogP contribution in [0, 0.1) is 29.4 Å². The summed E-state index contributed by atoms with van der Waals surface area (Å²) in [6.45, 7) is 0.151. The van der Waals surface area contributed by atoms with Gasteiger partial charge in [-0.1, -0.05) is 11.6 Å². The second-order valence-electron chi connectivity index (χ2n) is 8.73. The average molecular weight is 481 g/mol. The molecule has 0 saturated heterocycles. The molecule has 0 radical (unpaired) electrons. The molecule has 0 spiro atoms. The molecule has 1 amide bonds. The van der Waals surface area contributed by atoms with Crippen LogP contribution < -0.4 is 20.1 Å². The SMILES string of the molecule is COc1cc(F)cc(CNC(=O)C2CC(NC(O)COc3ccc(Cl)c(F)c3)C3CC2C3)c1. The van der Waals surface area contributed by atoms with Gasteiger partial charge in [0, 0.05) is 30.6 Å². The van der Waals surface area contributed by atoms with Gasteiger partial charge in [0.1, 0.15) is 36.0 Å². The second kappa shape index (κ2) is 10.2. The lowest BCUT2D eigenvalue weighted by Gasteiger charge is -2.51. The molecule has 6 nitrogen and oxygen atoms in total. The van der Waals surface area contributed by atoms with Gasteiger partial charge >= 0.3 is 0 Å². The van der Waals surface area contributed by atoms with E-state index < -0.39 is 17.9 Å². The summed E-state index contributed by atoms with van der Waals surface area (Å²) in [5.41, 5.74) is 0.628. The summed E-state index contributed by atoms with van der Waals surface area (Å²) in [5.74, 6) is 0.137. The van der Waals surface area contributed by atoms with Crippen LogP contribution in [0.4, 0.5) is 8.78 Å². The van der Waals surface area contributed by atoms with Crippen molar-refractivity contribution >= 4 is 17.5 Å². The molecule has 3 saturated carbocycles. The van der Waals surface area contributed by atoms with E-state index in [1.54, 1.807) is 6.07 Å². The number of aliphatic hydroxyl groups excluding tert-OH is 1. The van der Waals surface area contributed by atoms with Crippen molar-refractivity contribution in [3.05, 3.63) is 58.6 Å². The number of halogens is 3. The van der Waals surface area contributed by atoms with Crippen LogP contribution in [0.25, 0.3) is 0 Å². The number of methoxy groups -OCH3 is 1. The molecular formula is C24H27ClF2N2O4. The first-order valence-electron chi connectivity index (χ1n) is 11.0. The molecule has 3 aliphatic rings. The van der Waals surface area contributed by atoms with Crippen LogP contribution in [-0.4, -0.2) is 37.0 Å². The largest absolute Gasteiger partial charge is 0.497 e. The van der Waals surface area contributed by atoms with Gasteiger partial charge in [-0.05, 0) is 60.9 Å². The number of carbonyl (C=O) groups excluding carboxylic acids is 1. The van der Waals surface area contributed by atoms with Crippen molar-refractivity contribution < 1.29 is 28.2 Å². The monoisotopic (exact) mass is 480 g/mol. The molecule has 3 aliphatic carbocycles. The third kappa shape index (κ3) is 5.75. The fourth-order valence-corrected chi connectivity index (χ4v) is 4.86. The molecule has 3 fully saturated rings. The van der Waals surface area contributed by atoms with Gasteiger partial charge in [0.05, 0.1) is 12.1 Å². The third-order valence-corrected chi connectivity index (χ3v) is 6.84. The molecule has 3 N–H and O–H groups in total. The topological polar surface area (TPSA) is 79.8 Å². The summed E-state index contributed by atoms with van der Waals surface area (Å²) in [4.78, 5) is 12.8. The smallest absolute Gasteiger partial charge is 0.223 e. The molecule has 2 aromatic carbocycles. The van der Waals surface area contributed by atoms with Crippen LogP contribution in [0.15, 0.2) is 36.4 Å². The molecule has 33 heavy (non-hydrogen) atoms. The van der Waals surface area contributed by atoms with Gasteiger partial charge in [-0.25, -0.2) is 8.78 Å². The zero-order valence-corrected chi connectivity index (χ0v) is 18.9. The lowest BCUT2D eigenvalue weighted by atomic mass is 9.57. The normalized spacial score (nSPS) is 24.5.